The van der Waals surface area contributed by atoms with Crippen molar-refractivity contribution in [3.63, 3.8) is 0 Å². The molecular weight excluding hydrogens is 426 g/mol. The van der Waals surface area contributed by atoms with Gasteiger partial charge in [-0.15, -0.1) is 0 Å². The minimum atomic E-state index is 0.392. The van der Waals surface area contributed by atoms with Crippen LogP contribution in [0, 0.1) is 17.3 Å². The Bertz CT molecular complexity index is 650. The molecule has 7 rings (SSSR count). The maximum absolute atomic E-state index is 4.24. The molecule has 5 nitrogen and oxygen atoms in total. The molecule has 6 heterocycles. The Balaban J connectivity index is 1.36. The van der Waals surface area contributed by atoms with Gasteiger partial charge in [0.05, 0.1) is 0 Å². The molecule has 1 saturated carbocycles. The Labute approximate surface area is 205 Å². The number of nitrogens with one attached hydrogen (secondary N) is 4. The summed E-state index contributed by atoms with van der Waals surface area (Å²) >= 11 is 2.40. The Morgan fingerprint density at radius 3 is 1.76 bits per heavy atom. The fraction of sp³-hybridized carbons (Fsp3) is 1.00. The molecule has 4 N–H and O–H groups in total. The van der Waals surface area contributed by atoms with Gasteiger partial charge in [-0.1, -0.05) is 19.3 Å². The van der Waals surface area contributed by atoms with Crippen molar-refractivity contribution in [2.75, 3.05) is 39.3 Å². The van der Waals surface area contributed by atoms with E-state index in [4.69, 9.17) is 0 Å². The summed E-state index contributed by atoms with van der Waals surface area (Å²) in [5.41, 5.74) is 0.392. The number of hydrogen-bond acceptors (Lipinski definition) is 6. The summed E-state index contributed by atoms with van der Waals surface area (Å²) in [6.45, 7) is 7.43. The molecule has 0 aromatic rings. The lowest BCUT2D eigenvalue weighted by atomic mass is 9.48. The van der Waals surface area contributed by atoms with Crippen LogP contribution < -0.4 is 21.3 Å². The van der Waals surface area contributed by atoms with Crippen LogP contribution in [0.2, 0.25) is 0 Å². The van der Waals surface area contributed by atoms with E-state index in [-0.39, 0.29) is 0 Å². The SMILES string of the molecule is C1CCC(N2C3CCNCC3C3(C4CNCCC42)C2NCCCC2SC2CCCNC23)CC1. The second-order valence-corrected chi connectivity index (χ2v) is 13.9. The van der Waals surface area contributed by atoms with Gasteiger partial charge in [-0.25, -0.2) is 0 Å². The van der Waals surface area contributed by atoms with E-state index in [1.807, 2.05) is 0 Å². The van der Waals surface area contributed by atoms with Crippen molar-refractivity contribution in [2.24, 2.45) is 17.3 Å². The molecule has 8 atom stereocenters. The van der Waals surface area contributed by atoms with Crippen molar-refractivity contribution in [1.29, 1.82) is 0 Å². The number of fused-ring (bicyclic) bond motifs is 8. The van der Waals surface area contributed by atoms with Crippen LogP contribution in [-0.4, -0.2) is 84.9 Å². The first-order chi connectivity index (χ1) is 16.4. The summed E-state index contributed by atoms with van der Waals surface area (Å²) in [5, 5.41) is 18.0. The third-order valence-corrected chi connectivity index (χ3v) is 12.9. The Morgan fingerprint density at radius 1 is 0.606 bits per heavy atom. The van der Waals surface area contributed by atoms with Crippen LogP contribution in [0.1, 0.15) is 70.6 Å². The lowest BCUT2D eigenvalue weighted by Gasteiger charge is -2.72. The number of piperidine rings is 5. The molecule has 0 amide bonds. The van der Waals surface area contributed by atoms with Crippen LogP contribution in [0.25, 0.3) is 0 Å². The molecule has 1 spiro atoms. The van der Waals surface area contributed by atoms with E-state index < -0.39 is 0 Å². The molecular formula is C27H47N5S. The number of rotatable bonds is 1. The standard InChI is InChI=1S/C27H47N5S/c1-2-6-18(7-3-1)32-21-10-14-28-16-19(21)27(20-17-29-15-11-22(20)32)25-23(8-4-12-30-25)33-24-9-5-13-31-26(24)27/h18-26,28-31H,1-17H2. The normalized spacial score (nSPS) is 51.3. The first-order valence-electron chi connectivity index (χ1n) is 14.7. The number of likely N-dealkylation sites (tertiary alicyclic amines) is 1. The summed E-state index contributed by atoms with van der Waals surface area (Å²) in [7, 11) is 0. The second-order valence-electron chi connectivity index (χ2n) is 12.4. The van der Waals surface area contributed by atoms with Gasteiger partial charge in [0.1, 0.15) is 0 Å². The van der Waals surface area contributed by atoms with E-state index in [1.54, 1.807) is 0 Å². The van der Waals surface area contributed by atoms with E-state index in [2.05, 4.69) is 37.9 Å². The second kappa shape index (κ2) is 9.23. The molecule has 6 heteroatoms. The van der Waals surface area contributed by atoms with Crippen molar-refractivity contribution in [1.82, 2.24) is 26.2 Å². The lowest BCUT2D eigenvalue weighted by Crippen LogP contribution is -2.83. The molecule has 0 radical (unpaired) electrons. The predicted molar refractivity (Wildman–Crippen MR) is 138 cm³/mol. The lowest BCUT2D eigenvalue weighted by molar-refractivity contribution is -0.178. The van der Waals surface area contributed by atoms with Crippen molar-refractivity contribution < 1.29 is 0 Å². The number of hydrogen-bond donors (Lipinski definition) is 4. The van der Waals surface area contributed by atoms with Gasteiger partial charge < -0.3 is 21.3 Å². The highest BCUT2D eigenvalue weighted by Gasteiger charge is 2.69. The zero-order valence-electron chi connectivity index (χ0n) is 20.6. The number of thioether (sulfide) groups is 1. The van der Waals surface area contributed by atoms with Gasteiger partial charge in [0, 0.05) is 59.2 Å². The smallest absolute Gasteiger partial charge is 0.0265 e. The average Bonchev–Trinajstić information content (AvgIpc) is 2.89. The summed E-state index contributed by atoms with van der Waals surface area (Å²) < 4.78 is 0. The molecule has 0 bridgehead atoms. The van der Waals surface area contributed by atoms with E-state index in [9.17, 15) is 0 Å². The van der Waals surface area contributed by atoms with Crippen molar-refractivity contribution in [3.8, 4) is 0 Å². The van der Waals surface area contributed by atoms with Gasteiger partial charge in [0.15, 0.2) is 0 Å². The van der Waals surface area contributed by atoms with Gasteiger partial charge in [0.25, 0.3) is 0 Å². The predicted octanol–water partition coefficient (Wildman–Crippen LogP) is 2.57. The Kier molecular flexibility index (Phi) is 6.25. The molecule has 0 aromatic carbocycles. The molecule has 6 aliphatic heterocycles. The third-order valence-electron chi connectivity index (χ3n) is 11.2. The molecule has 7 fully saturated rings. The first kappa shape index (κ1) is 22.4. The quantitative estimate of drug-likeness (QED) is 0.470. The van der Waals surface area contributed by atoms with E-state index in [0.29, 0.717) is 17.5 Å². The fourth-order valence-electron chi connectivity index (χ4n) is 10.2. The first-order valence-corrected chi connectivity index (χ1v) is 15.6. The molecule has 0 aromatic heterocycles. The fourth-order valence-corrected chi connectivity index (χ4v) is 12.2. The van der Waals surface area contributed by atoms with Crippen LogP contribution >= 0.6 is 11.8 Å². The molecule has 6 saturated heterocycles. The molecule has 186 valence electrons. The summed E-state index contributed by atoms with van der Waals surface area (Å²) in [5.74, 6) is 1.57. The van der Waals surface area contributed by atoms with Crippen molar-refractivity contribution in [3.05, 3.63) is 0 Å². The average molecular weight is 474 g/mol. The Morgan fingerprint density at radius 2 is 1.18 bits per heavy atom. The number of nitrogens with zero attached hydrogens (tertiary/aromatic N) is 1. The van der Waals surface area contributed by atoms with Gasteiger partial charge in [0.2, 0.25) is 0 Å². The monoisotopic (exact) mass is 473 g/mol. The highest BCUT2D eigenvalue weighted by molar-refractivity contribution is 8.00. The maximum atomic E-state index is 4.24. The molecule has 33 heavy (non-hydrogen) atoms. The van der Waals surface area contributed by atoms with Gasteiger partial charge in [-0.05, 0) is 89.4 Å². The molecule has 8 unspecified atom stereocenters. The summed E-state index contributed by atoms with van der Waals surface area (Å²) in [4.78, 5) is 3.21. The van der Waals surface area contributed by atoms with E-state index in [0.717, 1.165) is 40.5 Å². The third kappa shape index (κ3) is 3.44. The van der Waals surface area contributed by atoms with E-state index in [1.165, 1.54) is 110 Å². The van der Waals surface area contributed by atoms with Crippen LogP contribution in [-0.2, 0) is 0 Å². The highest BCUT2D eigenvalue weighted by Crippen LogP contribution is 2.62. The van der Waals surface area contributed by atoms with Crippen LogP contribution in [0.4, 0.5) is 0 Å². The Hall–Kier alpha value is 0.150. The molecule has 7 aliphatic rings. The largest absolute Gasteiger partial charge is 0.316 e. The van der Waals surface area contributed by atoms with Crippen LogP contribution in [0.3, 0.4) is 0 Å². The maximum Gasteiger partial charge on any atom is 0.0265 e. The minimum absolute atomic E-state index is 0.392. The minimum Gasteiger partial charge on any atom is -0.316 e. The zero-order valence-corrected chi connectivity index (χ0v) is 21.4. The van der Waals surface area contributed by atoms with Crippen LogP contribution in [0.15, 0.2) is 0 Å². The highest BCUT2D eigenvalue weighted by atomic mass is 32.2. The topological polar surface area (TPSA) is 51.4 Å². The van der Waals surface area contributed by atoms with Crippen molar-refractivity contribution >= 4 is 11.8 Å². The summed E-state index contributed by atoms with van der Waals surface area (Å²) in [6.07, 6.45) is 15.7. The zero-order chi connectivity index (χ0) is 21.8. The van der Waals surface area contributed by atoms with Gasteiger partial charge in [-0.3, -0.25) is 4.90 Å². The molecule has 1 aliphatic carbocycles. The van der Waals surface area contributed by atoms with Gasteiger partial charge in [-0.2, -0.15) is 11.8 Å². The van der Waals surface area contributed by atoms with Crippen molar-refractivity contribution in [2.45, 2.75) is 111 Å². The van der Waals surface area contributed by atoms with Crippen LogP contribution in [0.5, 0.6) is 0 Å². The summed E-state index contributed by atoms with van der Waals surface area (Å²) in [6, 6.07) is 3.83. The van der Waals surface area contributed by atoms with Gasteiger partial charge >= 0.3 is 0 Å². The van der Waals surface area contributed by atoms with E-state index >= 15 is 0 Å².